The van der Waals surface area contributed by atoms with E-state index in [-0.39, 0.29) is 24.2 Å². The Morgan fingerprint density at radius 2 is 2.17 bits per heavy atom. The van der Waals surface area contributed by atoms with E-state index in [1.165, 1.54) is 12.1 Å². The summed E-state index contributed by atoms with van der Waals surface area (Å²) in [4.78, 5) is 22.1. The van der Waals surface area contributed by atoms with Crippen LogP contribution in [0.5, 0.6) is 0 Å². The lowest BCUT2D eigenvalue weighted by atomic mass is 10.0. The van der Waals surface area contributed by atoms with Crippen LogP contribution in [0.1, 0.15) is 34.8 Å². The third-order valence-corrected chi connectivity index (χ3v) is 2.33. The number of nitrogens with zero attached hydrogens (tertiary/aromatic N) is 1. The first-order chi connectivity index (χ1) is 8.58. The molecule has 0 aliphatic rings. The van der Waals surface area contributed by atoms with E-state index in [0.29, 0.717) is 12.0 Å². The van der Waals surface area contributed by atoms with Gasteiger partial charge in [-0.3, -0.25) is 4.79 Å². The number of carboxylic acids is 1. The lowest BCUT2D eigenvalue weighted by Gasteiger charge is -2.06. The van der Waals surface area contributed by atoms with Gasteiger partial charge in [0.2, 0.25) is 0 Å². The van der Waals surface area contributed by atoms with Gasteiger partial charge in [0.15, 0.2) is 0 Å². The second kappa shape index (κ2) is 6.40. The molecule has 0 radical (unpaired) electrons. The normalized spacial score (nSPS) is 9.56. The summed E-state index contributed by atoms with van der Waals surface area (Å²) in [7, 11) is 0. The molecule has 94 valence electrons. The zero-order valence-corrected chi connectivity index (χ0v) is 9.97. The molecule has 0 fully saturated rings. The maximum Gasteiger partial charge on any atom is 0.339 e. The van der Waals surface area contributed by atoms with Crippen molar-refractivity contribution < 1.29 is 19.4 Å². The summed E-state index contributed by atoms with van der Waals surface area (Å²) < 4.78 is 4.84. The van der Waals surface area contributed by atoms with Crippen LogP contribution in [0.25, 0.3) is 0 Å². The minimum Gasteiger partial charge on any atom is -0.481 e. The molecule has 0 spiro atoms. The molecule has 0 amide bonds. The van der Waals surface area contributed by atoms with Crippen LogP contribution in [-0.4, -0.2) is 23.7 Å². The van der Waals surface area contributed by atoms with Crippen LogP contribution in [0.2, 0.25) is 0 Å². The molecule has 0 aliphatic heterocycles. The Bertz CT molecular complexity index is 502. The van der Waals surface area contributed by atoms with Crippen LogP contribution < -0.4 is 0 Å². The van der Waals surface area contributed by atoms with E-state index < -0.39 is 11.9 Å². The smallest absolute Gasteiger partial charge is 0.339 e. The molecule has 0 bridgehead atoms. The van der Waals surface area contributed by atoms with Gasteiger partial charge in [-0.1, -0.05) is 6.07 Å². The third-order valence-electron chi connectivity index (χ3n) is 2.33. The van der Waals surface area contributed by atoms with E-state index in [4.69, 9.17) is 15.1 Å². The van der Waals surface area contributed by atoms with E-state index in [9.17, 15) is 9.59 Å². The summed E-state index contributed by atoms with van der Waals surface area (Å²) in [6.07, 6.45) is 0.293. The summed E-state index contributed by atoms with van der Waals surface area (Å²) in [5.74, 6) is -1.47. The standard InChI is InChI=1S/C13H13NO4/c1-2-18-13(17)11-7-9(4-6-12(15)16)3-5-10(11)8-14/h3,5,7H,2,4,6H2,1H3,(H,15,16). The summed E-state index contributed by atoms with van der Waals surface area (Å²) in [6.45, 7) is 1.90. The molecule has 5 nitrogen and oxygen atoms in total. The number of carboxylic acid groups (broad SMARTS) is 1. The average Bonchev–Trinajstić information content (AvgIpc) is 2.36. The van der Waals surface area contributed by atoms with Gasteiger partial charge in [-0.05, 0) is 31.0 Å². The van der Waals surface area contributed by atoms with Crippen LogP contribution >= 0.6 is 0 Å². The topological polar surface area (TPSA) is 87.4 Å². The molecule has 1 aromatic carbocycles. The van der Waals surface area contributed by atoms with Gasteiger partial charge in [-0.15, -0.1) is 0 Å². The largest absolute Gasteiger partial charge is 0.481 e. The number of aryl methyl sites for hydroxylation is 1. The predicted octanol–water partition coefficient (Wildman–Crippen LogP) is 1.75. The monoisotopic (exact) mass is 247 g/mol. The minimum atomic E-state index is -0.906. The SMILES string of the molecule is CCOC(=O)c1cc(CCC(=O)O)ccc1C#N. The lowest BCUT2D eigenvalue weighted by Crippen LogP contribution is -2.08. The molecule has 0 saturated heterocycles. The summed E-state index contributed by atoms with van der Waals surface area (Å²) in [5, 5.41) is 17.5. The van der Waals surface area contributed by atoms with Crippen molar-refractivity contribution in [2.45, 2.75) is 19.8 Å². The number of nitriles is 1. The van der Waals surface area contributed by atoms with E-state index in [2.05, 4.69) is 0 Å². The number of carbonyl (C=O) groups is 2. The molecule has 0 heterocycles. The second-order valence-electron chi connectivity index (χ2n) is 3.61. The molecule has 0 atom stereocenters. The lowest BCUT2D eigenvalue weighted by molar-refractivity contribution is -0.136. The highest BCUT2D eigenvalue weighted by molar-refractivity contribution is 5.92. The van der Waals surface area contributed by atoms with E-state index in [0.717, 1.165) is 0 Å². The molecule has 0 aromatic heterocycles. The molecular formula is C13H13NO4. The fraction of sp³-hybridized carbons (Fsp3) is 0.308. The van der Waals surface area contributed by atoms with Crippen molar-refractivity contribution in [1.29, 1.82) is 5.26 Å². The van der Waals surface area contributed by atoms with Gasteiger partial charge in [0.05, 0.1) is 17.7 Å². The van der Waals surface area contributed by atoms with Gasteiger partial charge < -0.3 is 9.84 Å². The van der Waals surface area contributed by atoms with Gasteiger partial charge >= 0.3 is 11.9 Å². The van der Waals surface area contributed by atoms with Gasteiger partial charge in [-0.2, -0.15) is 5.26 Å². The number of esters is 1. The molecule has 1 N–H and O–H groups in total. The summed E-state index contributed by atoms with van der Waals surface area (Å²) >= 11 is 0. The molecule has 18 heavy (non-hydrogen) atoms. The Kier molecular flexibility index (Phi) is 4.88. The van der Waals surface area contributed by atoms with Crippen LogP contribution in [0.4, 0.5) is 0 Å². The van der Waals surface area contributed by atoms with E-state index in [1.54, 1.807) is 13.0 Å². The number of aliphatic carboxylic acids is 1. The van der Waals surface area contributed by atoms with Crippen LogP contribution in [0.3, 0.4) is 0 Å². The number of benzene rings is 1. The highest BCUT2D eigenvalue weighted by Gasteiger charge is 2.13. The highest BCUT2D eigenvalue weighted by atomic mass is 16.5. The molecule has 0 unspecified atom stereocenters. The first-order valence-corrected chi connectivity index (χ1v) is 5.50. The number of ether oxygens (including phenoxy) is 1. The van der Waals surface area contributed by atoms with Gasteiger partial charge in [0, 0.05) is 6.42 Å². The fourth-order valence-corrected chi connectivity index (χ4v) is 1.47. The van der Waals surface area contributed by atoms with Crippen LogP contribution in [0.15, 0.2) is 18.2 Å². The number of rotatable bonds is 5. The molecule has 0 saturated carbocycles. The minimum absolute atomic E-state index is 0.0197. The Hall–Kier alpha value is -2.35. The Morgan fingerprint density at radius 1 is 1.44 bits per heavy atom. The zero-order chi connectivity index (χ0) is 13.5. The van der Waals surface area contributed by atoms with Crippen LogP contribution in [-0.2, 0) is 16.0 Å². The first-order valence-electron chi connectivity index (χ1n) is 5.50. The van der Waals surface area contributed by atoms with Crippen molar-refractivity contribution in [1.82, 2.24) is 0 Å². The number of hydrogen-bond donors (Lipinski definition) is 1. The molecular weight excluding hydrogens is 234 g/mol. The maximum absolute atomic E-state index is 11.6. The first kappa shape index (κ1) is 13.7. The zero-order valence-electron chi connectivity index (χ0n) is 9.97. The molecule has 1 aromatic rings. The van der Waals surface area contributed by atoms with Gasteiger partial charge in [0.1, 0.15) is 6.07 Å². The van der Waals surface area contributed by atoms with Crippen molar-refractivity contribution in [3.8, 4) is 6.07 Å². The Morgan fingerprint density at radius 3 is 2.72 bits per heavy atom. The van der Waals surface area contributed by atoms with Crippen molar-refractivity contribution in [2.75, 3.05) is 6.61 Å². The van der Waals surface area contributed by atoms with Gasteiger partial charge in [-0.25, -0.2) is 4.79 Å². The van der Waals surface area contributed by atoms with Crippen molar-refractivity contribution >= 4 is 11.9 Å². The fourth-order valence-electron chi connectivity index (χ4n) is 1.47. The van der Waals surface area contributed by atoms with E-state index in [1.807, 2.05) is 6.07 Å². The number of carbonyl (C=O) groups excluding carboxylic acids is 1. The molecule has 1 rings (SSSR count). The number of hydrogen-bond acceptors (Lipinski definition) is 4. The van der Waals surface area contributed by atoms with E-state index >= 15 is 0 Å². The Balaban J connectivity index is 2.99. The van der Waals surface area contributed by atoms with Crippen LogP contribution in [0, 0.1) is 11.3 Å². The van der Waals surface area contributed by atoms with Crippen molar-refractivity contribution in [2.24, 2.45) is 0 Å². The predicted molar refractivity (Wildman–Crippen MR) is 63.1 cm³/mol. The van der Waals surface area contributed by atoms with Crippen molar-refractivity contribution in [3.63, 3.8) is 0 Å². The summed E-state index contributed by atoms with van der Waals surface area (Å²) in [5.41, 5.74) is 1.11. The highest BCUT2D eigenvalue weighted by Crippen LogP contribution is 2.14. The summed E-state index contributed by atoms with van der Waals surface area (Å²) in [6, 6.07) is 6.57. The van der Waals surface area contributed by atoms with Crippen molar-refractivity contribution in [3.05, 3.63) is 34.9 Å². The molecule has 0 aliphatic carbocycles. The Labute approximate surface area is 105 Å². The maximum atomic E-state index is 11.6. The quantitative estimate of drug-likeness (QED) is 0.801. The molecule has 5 heteroatoms. The third kappa shape index (κ3) is 3.59. The second-order valence-corrected chi connectivity index (χ2v) is 3.61. The average molecular weight is 247 g/mol. The van der Waals surface area contributed by atoms with Gasteiger partial charge in [0.25, 0.3) is 0 Å².